The molecule has 0 atom stereocenters. The lowest BCUT2D eigenvalue weighted by Crippen LogP contribution is -2.02. The number of nitrogens with zero attached hydrogens (tertiary/aromatic N) is 4. The van der Waals surface area contributed by atoms with Gasteiger partial charge in [-0.05, 0) is 36.4 Å². The molecule has 0 unspecified atom stereocenters. The zero-order valence-corrected chi connectivity index (χ0v) is 24.5. The van der Waals surface area contributed by atoms with Crippen molar-refractivity contribution >= 4 is 43.5 Å². The summed E-state index contributed by atoms with van der Waals surface area (Å²) in [5, 5.41) is 4.49. The van der Waals surface area contributed by atoms with Gasteiger partial charge in [0.25, 0.3) is 0 Å². The van der Waals surface area contributed by atoms with Crippen LogP contribution in [0.5, 0.6) is 0 Å². The third kappa shape index (κ3) is 4.19. The van der Waals surface area contributed by atoms with Crippen LogP contribution < -0.4 is 5.63 Å². The molecule has 3 aromatic heterocycles. The Bertz CT molecular complexity index is 2600. The van der Waals surface area contributed by atoms with Gasteiger partial charge in [0.05, 0.1) is 16.4 Å². The van der Waals surface area contributed by atoms with Gasteiger partial charge >= 0.3 is 5.63 Å². The highest BCUT2D eigenvalue weighted by Gasteiger charge is 2.18. The Morgan fingerprint density at radius 3 is 1.74 bits per heavy atom. The molecule has 6 nitrogen and oxygen atoms in total. The number of hydrogen-bond donors (Lipinski definition) is 0. The van der Waals surface area contributed by atoms with Gasteiger partial charge in [0, 0.05) is 43.9 Å². The maximum atomic E-state index is 13.2. The molecule has 0 spiro atoms. The van der Waals surface area contributed by atoms with E-state index in [2.05, 4.69) is 34.9 Å². The highest BCUT2D eigenvalue weighted by atomic mass is 16.4. The topological polar surface area (TPSA) is 73.8 Å². The van der Waals surface area contributed by atoms with Crippen molar-refractivity contribution in [2.75, 3.05) is 0 Å². The summed E-state index contributed by atoms with van der Waals surface area (Å²) in [5.74, 6) is 1.79. The van der Waals surface area contributed by atoms with Gasteiger partial charge in [-0.25, -0.2) is 19.7 Å². The zero-order chi connectivity index (χ0) is 30.6. The molecule has 0 saturated carbocycles. The number of benzene rings is 6. The number of hydrogen-bond acceptors (Lipinski definition) is 5. The van der Waals surface area contributed by atoms with Crippen molar-refractivity contribution in [3.8, 4) is 39.9 Å². The highest BCUT2D eigenvalue weighted by molar-refractivity contribution is 6.17. The fourth-order valence-corrected chi connectivity index (χ4v) is 6.34. The summed E-state index contributed by atoms with van der Waals surface area (Å²) in [6, 6.07) is 48.2. The van der Waals surface area contributed by atoms with E-state index >= 15 is 0 Å². The van der Waals surface area contributed by atoms with E-state index in [4.69, 9.17) is 19.4 Å². The molecule has 0 aliphatic carbocycles. The second-order valence-electron chi connectivity index (χ2n) is 11.2. The summed E-state index contributed by atoms with van der Waals surface area (Å²) in [7, 11) is 0. The van der Waals surface area contributed by atoms with Crippen LogP contribution in [-0.4, -0.2) is 19.5 Å². The third-order valence-corrected chi connectivity index (χ3v) is 8.47. The van der Waals surface area contributed by atoms with Gasteiger partial charge < -0.3 is 8.98 Å². The van der Waals surface area contributed by atoms with Crippen molar-refractivity contribution in [2.24, 2.45) is 0 Å². The van der Waals surface area contributed by atoms with Crippen LogP contribution in [0.2, 0.25) is 0 Å². The van der Waals surface area contributed by atoms with Crippen molar-refractivity contribution in [1.29, 1.82) is 0 Å². The first-order valence-electron chi connectivity index (χ1n) is 15.1. The van der Waals surface area contributed by atoms with Gasteiger partial charge in [-0.3, -0.25) is 0 Å². The quantitative estimate of drug-likeness (QED) is 0.150. The minimum atomic E-state index is -0.353. The van der Waals surface area contributed by atoms with Crippen LogP contribution in [-0.2, 0) is 0 Å². The number of para-hydroxylation sites is 2. The standard InChI is InChI=1S/C40H24N4O2/c45-40-33-24-35-32(23-31(33)30-19-8-10-21-36(30)46-40)29-18-7-9-20-34(29)44(35)28-17-11-16-27(22-28)39-42-37(25-12-3-1-4-13-25)41-38(43-39)26-14-5-2-6-15-26/h1-24H. The second kappa shape index (κ2) is 10.4. The van der Waals surface area contributed by atoms with Crippen LogP contribution in [0.25, 0.3) is 83.4 Å². The summed E-state index contributed by atoms with van der Waals surface area (Å²) >= 11 is 0. The molecule has 0 saturated heterocycles. The van der Waals surface area contributed by atoms with E-state index in [1.165, 1.54) is 0 Å². The van der Waals surface area contributed by atoms with Crippen LogP contribution in [0.4, 0.5) is 0 Å². The predicted octanol–water partition coefficient (Wildman–Crippen LogP) is 9.23. The maximum Gasteiger partial charge on any atom is 0.344 e. The molecule has 9 aromatic rings. The first-order valence-corrected chi connectivity index (χ1v) is 15.1. The number of aromatic nitrogens is 4. The smallest absolute Gasteiger partial charge is 0.344 e. The van der Waals surface area contributed by atoms with Crippen molar-refractivity contribution in [2.45, 2.75) is 0 Å². The van der Waals surface area contributed by atoms with Crippen LogP contribution in [0.1, 0.15) is 0 Å². The van der Waals surface area contributed by atoms with E-state index in [0.29, 0.717) is 28.4 Å². The van der Waals surface area contributed by atoms with Gasteiger partial charge in [-0.2, -0.15) is 0 Å². The summed E-state index contributed by atoms with van der Waals surface area (Å²) in [5.41, 5.74) is 5.79. The maximum absolute atomic E-state index is 13.2. The molecule has 0 fully saturated rings. The van der Waals surface area contributed by atoms with E-state index in [0.717, 1.165) is 55.0 Å². The van der Waals surface area contributed by atoms with Gasteiger partial charge in [0.1, 0.15) is 5.58 Å². The average molecular weight is 593 g/mol. The van der Waals surface area contributed by atoms with E-state index in [1.54, 1.807) is 0 Å². The first-order chi connectivity index (χ1) is 22.7. The highest BCUT2D eigenvalue weighted by Crippen LogP contribution is 2.37. The Kier molecular flexibility index (Phi) is 5.86. The van der Waals surface area contributed by atoms with Crippen LogP contribution in [0, 0.1) is 0 Å². The van der Waals surface area contributed by atoms with Crippen molar-refractivity contribution in [1.82, 2.24) is 19.5 Å². The molecule has 46 heavy (non-hydrogen) atoms. The average Bonchev–Trinajstić information content (AvgIpc) is 3.45. The Labute approximate surface area is 262 Å². The molecule has 0 aliphatic rings. The molecule has 9 rings (SSSR count). The zero-order valence-electron chi connectivity index (χ0n) is 24.5. The molecule has 6 heteroatoms. The van der Waals surface area contributed by atoms with E-state index in [-0.39, 0.29) is 5.63 Å². The molecular weight excluding hydrogens is 568 g/mol. The van der Waals surface area contributed by atoms with E-state index < -0.39 is 0 Å². The molecule has 216 valence electrons. The first kappa shape index (κ1) is 26.0. The molecule has 3 heterocycles. The molecule has 0 N–H and O–H groups in total. The second-order valence-corrected chi connectivity index (χ2v) is 11.2. The van der Waals surface area contributed by atoms with E-state index in [9.17, 15) is 4.79 Å². The molecular formula is C40H24N4O2. The molecule has 0 aliphatic heterocycles. The largest absolute Gasteiger partial charge is 0.422 e. The van der Waals surface area contributed by atoms with Crippen LogP contribution >= 0.6 is 0 Å². The normalized spacial score (nSPS) is 11.6. The number of fused-ring (bicyclic) bond motifs is 6. The Morgan fingerprint density at radius 2 is 1.02 bits per heavy atom. The molecule has 0 radical (unpaired) electrons. The van der Waals surface area contributed by atoms with Gasteiger partial charge in [0.2, 0.25) is 0 Å². The van der Waals surface area contributed by atoms with Crippen molar-refractivity contribution < 1.29 is 4.42 Å². The SMILES string of the molecule is O=c1oc2ccccc2c2cc3c4ccccc4n(-c4cccc(-c5nc(-c6ccccc6)nc(-c6ccccc6)n5)c4)c3cc12. The minimum absolute atomic E-state index is 0.353. The Balaban J connectivity index is 1.28. The van der Waals surface area contributed by atoms with Gasteiger partial charge in [-0.1, -0.05) is 109 Å². The Hall–Kier alpha value is -6.40. The summed E-state index contributed by atoms with van der Waals surface area (Å²) < 4.78 is 7.92. The lowest BCUT2D eigenvalue weighted by Gasteiger charge is -2.12. The predicted molar refractivity (Wildman–Crippen MR) is 184 cm³/mol. The molecule has 0 amide bonds. The third-order valence-electron chi connectivity index (χ3n) is 8.47. The lowest BCUT2D eigenvalue weighted by molar-refractivity contribution is 0.570. The molecule has 0 bridgehead atoms. The van der Waals surface area contributed by atoms with Gasteiger partial charge in [0.15, 0.2) is 17.5 Å². The van der Waals surface area contributed by atoms with Crippen molar-refractivity contribution in [3.05, 3.63) is 156 Å². The minimum Gasteiger partial charge on any atom is -0.422 e. The fraction of sp³-hybridized carbons (Fsp3) is 0. The van der Waals surface area contributed by atoms with Crippen LogP contribution in [0.3, 0.4) is 0 Å². The summed E-state index contributed by atoms with van der Waals surface area (Å²) in [4.78, 5) is 28.0. The lowest BCUT2D eigenvalue weighted by atomic mass is 10.0. The van der Waals surface area contributed by atoms with E-state index in [1.807, 2.05) is 115 Å². The Morgan fingerprint density at radius 1 is 0.435 bits per heavy atom. The van der Waals surface area contributed by atoms with Gasteiger partial charge in [-0.15, -0.1) is 0 Å². The molecule has 6 aromatic carbocycles. The monoisotopic (exact) mass is 592 g/mol. The fourth-order valence-electron chi connectivity index (χ4n) is 6.34. The summed E-state index contributed by atoms with van der Waals surface area (Å²) in [6.45, 7) is 0. The van der Waals surface area contributed by atoms with Crippen LogP contribution in [0.15, 0.2) is 155 Å². The number of rotatable bonds is 4. The summed E-state index contributed by atoms with van der Waals surface area (Å²) in [6.07, 6.45) is 0. The van der Waals surface area contributed by atoms with Crippen molar-refractivity contribution in [3.63, 3.8) is 0 Å².